The number of hydrogen-bond donors (Lipinski definition) is 0. The summed E-state index contributed by atoms with van der Waals surface area (Å²) in [6, 6.07) is 69.4. The van der Waals surface area contributed by atoms with Crippen molar-refractivity contribution in [3.8, 4) is 0 Å². The lowest BCUT2D eigenvalue weighted by atomic mass is 9.90. The van der Waals surface area contributed by atoms with Crippen molar-refractivity contribution in [3.05, 3.63) is 204 Å². The number of para-hydroxylation sites is 2. The van der Waals surface area contributed by atoms with Crippen LogP contribution < -0.4 is 9.80 Å². The second-order valence-corrected chi connectivity index (χ2v) is 17.9. The Hall–Kier alpha value is -6.72. The van der Waals surface area contributed by atoms with E-state index in [1.165, 1.54) is 90.1 Å². The number of nitrogens with zero attached hydrogens (tertiary/aromatic N) is 2. The summed E-state index contributed by atoms with van der Waals surface area (Å²) in [4.78, 5) is 6.50. The van der Waals surface area contributed by atoms with Gasteiger partial charge in [0, 0.05) is 68.7 Å². The van der Waals surface area contributed by atoms with Gasteiger partial charge in [0.2, 0.25) is 0 Å². The van der Waals surface area contributed by atoms with E-state index in [4.69, 9.17) is 0 Å². The number of rotatable bonds is 6. The largest absolute Gasteiger partial charge is 0.314 e. The molecule has 0 amide bonds. The lowest BCUT2D eigenvalue weighted by Gasteiger charge is -2.33. The summed E-state index contributed by atoms with van der Waals surface area (Å²) < 4.78 is 3.98. The molecule has 12 rings (SSSR count). The zero-order valence-corrected chi connectivity index (χ0v) is 34.1. The van der Waals surface area contributed by atoms with E-state index in [-0.39, 0.29) is 0 Å². The molecular weight excluding hydrogens is 753 g/mol. The Bertz CT molecular complexity index is 3450. The van der Waals surface area contributed by atoms with Gasteiger partial charge in [-0.1, -0.05) is 128 Å². The zero-order chi connectivity index (χ0) is 39.0. The Morgan fingerprint density at radius 1 is 0.390 bits per heavy atom. The highest BCUT2D eigenvalue weighted by molar-refractivity contribution is 7.25. The molecule has 1 aliphatic carbocycles. The van der Waals surface area contributed by atoms with Crippen molar-refractivity contribution in [3.63, 3.8) is 0 Å². The first-order valence-electron chi connectivity index (χ1n) is 20.4. The van der Waals surface area contributed by atoms with Gasteiger partial charge in [0.15, 0.2) is 0 Å². The van der Waals surface area contributed by atoms with Crippen molar-refractivity contribution in [2.24, 2.45) is 0 Å². The van der Waals surface area contributed by atoms with E-state index >= 15 is 0 Å². The van der Waals surface area contributed by atoms with Crippen molar-refractivity contribution in [2.45, 2.75) is 19.3 Å². The topological polar surface area (TPSA) is 6.48 Å². The van der Waals surface area contributed by atoms with Gasteiger partial charge in [-0.2, -0.15) is 0 Å². The zero-order valence-electron chi connectivity index (χ0n) is 32.5. The highest BCUT2D eigenvalue weighted by atomic mass is 32.1. The number of thiophene rings is 2. The molecule has 1 atom stereocenters. The van der Waals surface area contributed by atoms with Gasteiger partial charge in [-0.25, -0.2) is 0 Å². The van der Waals surface area contributed by atoms with Crippen LogP contribution in [0.1, 0.15) is 29.7 Å². The monoisotopic (exact) mass is 790 g/mol. The average molecular weight is 791 g/mol. The predicted molar refractivity (Wildman–Crippen MR) is 258 cm³/mol. The fourth-order valence-corrected chi connectivity index (χ4v) is 11.9. The van der Waals surface area contributed by atoms with Gasteiger partial charge in [-0.3, -0.25) is 0 Å². The summed E-state index contributed by atoms with van der Waals surface area (Å²) in [7, 11) is 0. The summed E-state index contributed by atoms with van der Waals surface area (Å²) in [6.45, 7) is 2.40. The molecule has 2 aromatic heterocycles. The number of hydrogen-bond acceptors (Lipinski definition) is 4. The fourth-order valence-electron chi connectivity index (χ4n) is 9.56. The molecule has 11 aromatic rings. The molecule has 2 nitrogen and oxygen atoms in total. The molecule has 0 aliphatic heterocycles. The summed E-state index contributed by atoms with van der Waals surface area (Å²) in [5, 5.41) is 11.4. The van der Waals surface area contributed by atoms with Crippen molar-refractivity contribution >= 4 is 120 Å². The van der Waals surface area contributed by atoms with Crippen LogP contribution in [0.4, 0.5) is 28.4 Å². The molecule has 0 bridgehead atoms. The van der Waals surface area contributed by atoms with Gasteiger partial charge in [-0.15, -0.1) is 22.7 Å². The van der Waals surface area contributed by atoms with Crippen molar-refractivity contribution < 1.29 is 0 Å². The summed E-state index contributed by atoms with van der Waals surface area (Å²) in [5.74, 6) is 0.402. The van der Waals surface area contributed by atoms with Crippen molar-refractivity contribution in [1.82, 2.24) is 0 Å². The number of allylic oxidation sites excluding steroid dienone is 1. The van der Waals surface area contributed by atoms with Crippen LogP contribution in [0, 0.1) is 0 Å². The summed E-state index contributed by atoms with van der Waals surface area (Å²) >= 11 is 3.82. The highest BCUT2D eigenvalue weighted by Gasteiger charge is 2.28. The Morgan fingerprint density at radius 2 is 0.881 bits per heavy atom. The van der Waals surface area contributed by atoms with E-state index in [0.29, 0.717) is 5.92 Å². The minimum absolute atomic E-state index is 0.402. The maximum Gasteiger partial charge on any atom is 0.0546 e. The van der Waals surface area contributed by atoms with Gasteiger partial charge in [0.25, 0.3) is 0 Å². The molecule has 0 fully saturated rings. The lowest BCUT2D eigenvalue weighted by molar-refractivity contribution is 0.746. The van der Waals surface area contributed by atoms with Gasteiger partial charge < -0.3 is 9.80 Å². The Balaban J connectivity index is 1.13. The minimum atomic E-state index is 0.402. The summed E-state index contributed by atoms with van der Waals surface area (Å²) in [6.07, 6.45) is 3.43. The van der Waals surface area contributed by atoms with Crippen molar-refractivity contribution in [1.29, 1.82) is 0 Å². The standard InChI is InChI=1S/C55H38N2S2/c1-35-30-39(32-49-45-25-13-15-27-53(45)59-55(35)49)57(37-18-6-3-7-19-37)51-34-47-40-20-8-10-22-42(40)50(33-46(47)41-21-9-11-23-43(41)51)56(36-16-4-2-5-17-36)38-28-29-54-48(31-38)44-24-12-14-26-52(44)58-54/h2-29,31-35H,30H2,1H3. The Labute approximate surface area is 351 Å². The van der Waals surface area contributed by atoms with Gasteiger partial charge >= 0.3 is 0 Å². The van der Waals surface area contributed by atoms with Crippen LogP contribution in [-0.4, -0.2) is 0 Å². The molecule has 0 saturated carbocycles. The molecule has 280 valence electrons. The predicted octanol–water partition coefficient (Wildman–Crippen LogP) is 16.9. The van der Waals surface area contributed by atoms with Crippen LogP contribution in [0.15, 0.2) is 194 Å². The molecule has 2 heterocycles. The summed E-state index contributed by atoms with van der Waals surface area (Å²) in [5.41, 5.74) is 8.50. The quantitative estimate of drug-likeness (QED) is 0.155. The molecule has 0 saturated heterocycles. The van der Waals surface area contributed by atoms with Gasteiger partial charge in [0.05, 0.1) is 11.4 Å². The second-order valence-electron chi connectivity index (χ2n) is 15.7. The van der Waals surface area contributed by atoms with Crippen LogP contribution >= 0.6 is 22.7 Å². The molecule has 0 spiro atoms. The van der Waals surface area contributed by atoms with E-state index in [0.717, 1.165) is 23.5 Å². The molecule has 59 heavy (non-hydrogen) atoms. The van der Waals surface area contributed by atoms with Gasteiger partial charge in [-0.05, 0) is 112 Å². The third-order valence-electron chi connectivity index (χ3n) is 12.2. The van der Waals surface area contributed by atoms with E-state index < -0.39 is 0 Å². The molecule has 9 aromatic carbocycles. The molecule has 4 heteroatoms. The van der Waals surface area contributed by atoms with Crippen LogP contribution in [0.2, 0.25) is 0 Å². The molecular formula is C55H38N2S2. The maximum absolute atomic E-state index is 2.55. The molecule has 0 radical (unpaired) electrons. The normalized spacial score (nSPS) is 14.1. The highest BCUT2D eigenvalue weighted by Crippen LogP contribution is 2.50. The van der Waals surface area contributed by atoms with Crippen LogP contribution in [-0.2, 0) is 0 Å². The lowest BCUT2D eigenvalue weighted by Crippen LogP contribution is -2.20. The van der Waals surface area contributed by atoms with Crippen LogP contribution in [0.25, 0.3) is 68.7 Å². The van der Waals surface area contributed by atoms with E-state index in [2.05, 4.69) is 211 Å². The van der Waals surface area contributed by atoms with E-state index in [1.807, 2.05) is 22.7 Å². The van der Waals surface area contributed by atoms with Gasteiger partial charge in [0.1, 0.15) is 0 Å². The third kappa shape index (κ3) is 5.51. The molecule has 1 unspecified atom stereocenters. The Morgan fingerprint density at radius 3 is 1.53 bits per heavy atom. The maximum atomic E-state index is 2.55. The van der Waals surface area contributed by atoms with Crippen LogP contribution in [0.3, 0.4) is 0 Å². The second kappa shape index (κ2) is 13.7. The average Bonchev–Trinajstić information content (AvgIpc) is 3.86. The molecule has 1 aliphatic rings. The van der Waals surface area contributed by atoms with Crippen LogP contribution in [0.5, 0.6) is 0 Å². The molecule has 0 N–H and O–H groups in total. The third-order valence-corrected chi connectivity index (χ3v) is 14.8. The Kier molecular flexibility index (Phi) is 7.97. The minimum Gasteiger partial charge on any atom is -0.314 e. The smallest absolute Gasteiger partial charge is 0.0546 e. The number of benzene rings is 9. The SMILES string of the molecule is CC1CC(N(c2ccccc2)c2cc3c4ccccc4c(N(c4ccccc4)c4ccc5sc6ccccc6c5c4)cc3c3ccccc23)=Cc2c1sc1ccccc21. The number of anilines is 5. The first-order valence-corrected chi connectivity index (χ1v) is 22.0. The number of fused-ring (bicyclic) bond motifs is 11. The van der Waals surface area contributed by atoms with E-state index in [1.54, 1.807) is 0 Å². The van der Waals surface area contributed by atoms with E-state index in [9.17, 15) is 0 Å². The first kappa shape index (κ1) is 34.3. The fraction of sp³-hybridized carbons (Fsp3) is 0.0545. The van der Waals surface area contributed by atoms with Crippen molar-refractivity contribution in [2.75, 3.05) is 9.80 Å². The first-order chi connectivity index (χ1) is 29.2.